The van der Waals surface area contributed by atoms with E-state index >= 15 is 0 Å². The van der Waals surface area contributed by atoms with Gasteiger partial charge in [-0.05, 0) is 29.5 Å². The summed E-state index contributed by atoms with van der Waals surface area (Å²) in [6.07, 6.45) is 3.49. The lowest BCUT2D eigenvalue weighted by atomic mass is 9.98. The first-order valence-electron chi connectivity index (χ1n) is 11.2. The van der Waals surface area contributed by atoms with E-state index < -0.39 is 0 Å². The smallest absolute Gasteiger partial charge is 0.167 e. The SMILES string of the molecule is CC[C@H](C)Cn1cc(-c2ccc(CC(=O)c3ccc(-c4ccc(C)cc4)cc3)cc2)nn1. The van der Waals surface area contributed by atoms with Crippen LogP contribution in [0.1, 0.15) is 41.8 Å². The van der Waals surface area contributed by atoms with Crippen LogP contribution in [0.2, 0.25) is 0 Å². The highest BCUT2D eigenvalue weighted by atomic mass is 16.1. The molecule has 3 aromatic carbocycles. The largest absolute Gasteiger partial charge is 0.294 e. The van der Waals surface area contributed by atoms with Crippen molar-refractivity contribution >= 4 is 5.78 Å². The lowest BCUT2D eigenvalue weighted by Crippen LogP contribution is -2.06. The molecule has 0 radical (unpaired) electrons. The van der Waals surface area contributed by atoms with E-state index in [4.69, 9.17) is 0 Å². The van der Waals surface area contributed by atoms with Gasteiger partial charge in [0.2, 0.25) is 0 Å². The predicted molar refractivity (Wildman–Crippen MR) is 130 cm³/mol. The van der Waals surface area contributed by atoms with Crippen molar-refractivity contribution in [3.8, 4) is 22.4 Å². The average Bonchev–Trinajstić information content (AvgIpc) is 3.28. The van der Waals surface area contributed by atoms with Crippen molar-refractivity contribution in [3.05, 3.63) is 95.7 Å². The number of carbonyl (C=O) groups excluding carboxylic acids is 1. The first-order chi connectivity index (χ1) is 15.5. The molecule has 1 atom stereocenters. The molecule has 162 valence electrons. The van der Waals surface area contributed by atoms with Crippen LogP contribution in [0.4, 0.5) is 0 Å². The van der Waals surface area contributed by atoms with Crippen molar-refractivity contribution in [3.63, 3.8) is 0 Å². The summed E-state index contributed by atoms with van der Waals surface area (Å²) in [6, 6.07) is 24.3. The van der Waals surface area contributed by atoms with Crippen molar-refractivity contribution in [2.45, 2.75) is 40.2 Å². The number of rotatable bonds is 8. The lowest BCUT2D eigenvalue weighted by molar-refractivity contribution is 0.0993. The van der Waals surface area contributed by atoms with Gasteiger partial charge in [0.05, 0.1) is 6.20 Å². The van der Waals surface area contributed by atoms with Crippen LogP contribution in [-0.4, -0.2) is 20.8 Å². The maximum atomic E-state index is 12.8. The van der Waals surface area contributed by atoms with E-state index in [-0.39, 0.29) is 5.78 Å². The second-order valence-electron chi connectivity index (χ2n) is 8.58. The van der Waals surface area contributed by atoms with Gasteiger partial charge in [0.15, 0.2) is 5.78 Å². The van der Waals surface area contributed by atoms with Crippen molar-refractivity contribution in [1.82, 2.24) is 15.0 Å². The summed E-state index contributed by atoms with van der Waals surface area (Å²) in [5.74, 6) is 0.691. The van der Waals surface area contributed by atoms with Crippen LogP contribution in [-0.2, 0) is 13.0 Å². The lowest BCUT2D eigenvalue weighted by Gasteiger charge is -2.06. The Balaban J connectivity index is 1.40. The summed E-state index contributed by atoms with van der Waals surface area (Å²) in [7, 11) is 0. The van der Waals surface area contributed by atoms with Gasteiger partial charge in [-0.1, -0.05) is 104 Å². The van der Waals surface area contributed by atoms with E-state index in [1.165, 1.54) is 5.56 Å². The molecule has 1 aromatic heterocycles. The third kappa shape index (κ3) is 5.20. The molecule has 32 heavy (non-hydrogen) atoms. The minimum absolute atomic E-state index is 0.118. The van der Waals surface area contributed by atoms with Gasteiger partial charge in [-0.3, -0.25) is 9.48 Å². The Bertz CT molecular complexity index is 1170. The van der Waals surface area contributed by atoms with Crippen molar-refractivity contribution < 1.29 is 4.79 Å². The number of aryl methyl sites for hydroxylation is 1. The highest BCUT2D eigenvalue weighted by Gasteiger charge is 2.10. The van der Waals surface area contributed by atoms with E-state index in [0.29, 0.717) is 12.3 Å². The topological polar surface area (TPSA) is 47.8 Å². The summed E-state index contributed by atoms with van der Waals surface area (Å²) in [4.78, 5) is 12.8. The van der Waals surface area contributed by atoms with Crippen LogP contribution < -0.4 is 0 Å². The van der Waals surface area contributed by atoms with Gasteiger partial charge in [0.25, 0.3) is 0 Å². The van der Waals surface area contributed by atoms with Gasteiger partial charge in [0, 0.05) is 24.1 Å². The Morgan fingerprint density at radius 2 is 1.47 bits per heavy atom. The molecule has 0 unspecified atom stereocenters. The third-order valence-corrected chi connectivity index (χ3v) is 5.94. The molecule has 0 N–H and O–H groups in total. The maximum Gasteiger partial charge on any atom is 0.167 e. The van der Waals surface area contributed by atoms with Crippen LogP contribution in [0, 0.1) is 12.8 Å². The number of Topliss-reactive ketones (excluding diaryl/α,β-unsaturated/α-hetero) is 1. The first-order valence-corrected chi connectivity index (χ1v) is 11.2. The summed E-state index contributed by atoms with van der Waals surface area (Å²) in [5.41, 5.74) is 7.11. The molecule has 0 fully saturated rings. The molecular formula is C28H29N3O. The second-order valence-corrected chi connectivity index (χ2v) is 8.58. The number of carbonyl (C=O) groups is 1. The molecule has 4 rings (SSSR count). The minimum Gasteiger partial charge on any atom is -0.294 e. The molecule has 0 bridgehead atoms. The highest BCUT2D eigenvalue weighted by Crippen LogP contribution is 2.22. The number of aromatic nitrogens is 3. The van der Waals surface area contributed by atoms with Gasteiger partial charge in [-0.2, -0.15) is 0 Å². The molecule has 0 aliphatic carbocycles. The molecule has 0 amide bonds. The third-order valence-electron chi connectivity index (χ3n) is 5.94. The highest BCUT2D eigenvalue weighted by molar-refractivity contribution is 5.98. The zero-order valence-electron chi connectivity index (χ0n) is 19.0. The summed E-state index contributed by atoms with van der Waals surface area (Å²) < 4.78 is 1.90. The maximum absolute atomic E-state index is 12.8. The monoisotopic (exact) mass is 423 g/mol. The van der Waals surface area contributed by atoms with Crippen molar-refractivity contribution in [1.29, 1.82) is 0 Å². The second kappa shape index (κ2) is 9.73. The van der Waals surface area contributed by atoms with E-state index in [2.05, 4.69) is 55.3 Å². The molecule has 0 saturated heterocycles. The summed E-state index contributed by atoms with van der Waals surface area (Å²) in [6.45, 7) is 7.35. The van der Waals surface area contributed by atoms with Gasteiger partial charge in [-0.25, -0.2) is 0 Å². The number of hydrogen-bond acceptors (Lipinski definition) is 3. The number of hydrogen-bond donors (Lipinski definition) is 0. The quantitative estimate of drug-likeness (QED) is 0.308. The van der Waals surface area contributed by atoms with Crippen LogP contribution in [0.3, 0.4) is 0 Å². The van der Waals surface area contributed by atoms with Crippen LogP contribution in [0.5, 0.6) is 0 Å². The van der Waals surface area contributed by atoms with E-state index in [0.717, 1.165) is 46.5 Å². The number of benzene rings is 3. The van der Waals surface area contributed by atoms with Crippen molar-refractivity contribution in [2.24, 2.45) is 5.92 Å². The average molecular weight is 424 g/mol. The van der Waals surface area contributed by atoms with E-state index in [9.17, 15) is 4.79 Å². The van der Waals surface area contributed by atoms with Crippen LogP contribution in [0.25, 0.3) is 22.4 Å². The fourth-order valence-corrected chi connectivity index (χ4v) is 3.64. The normalized spacial score (nSPS) is 12.0. The molecule has 4 aromatic rings. The Kier molecular flexibility index (Phi) is 6.60. The molecule has 0 saturated carbocycles. The fraction of sp³-hybridized carbons (Fsp3) is 0.250. The number of ketones is 1. The fourth-order valence-electron chi connectivity index (χ4n) is 3.64. The van der Waals surface area contributed by atoms with Gasteiger partial charge in [0.1, 0.15) is 5.69 Å². The van der Waals surface area contributed by atoms with Crippen LogP contribution in [0.15, 0.2) is 79.0 Å². The predicted octanol–water partition coefficient (Wildman–Crippen LogP) is 6.39. The van der Waals surface area contributed by atoms with Crippen molar-refractivity contribution in [2.75, 3.05) is 0 Å². The molecule has 4 nitrogen and oxygen atoms in total. The van der Waals surface area contributed by atoms with Gasteiger partial charge in [-0.15, -0.1) is 5.10 Å². The van der Waals surface area contributed by atoms with E-state index in [1.54, 1.807) is 0 Å². The van der Waals surface area contributed by atoms with Crippen LogP contribution >= 0.6 is 0 Å². The van der Waals surface area contributed by atoms with E-state index in [1.807, 2.05) is 59.4 Å². The zero-order chi connectivity index (χ0) is 22.5. The summed E-state index contributed by atoms with van der Waals surface area (Å²) in [5, 5.41) is 8.53. The Morgan fingerprint density at radius 1 is 0.875 bits per heavy atom. The number of nitrogens with zero attached hydrogens (tertiary/aromatic N) is 3. The van der Waals surface area contributed by atoms with Gasteiger partial charge >= 0.3 is 0 Å². The molecular weight excluding hydrogens is 394 g/mol. The Labute approximate surface area is 189 Å². The molecule has 1 heterocycles. The molecule has 4 heteroatoms. The molecule has 0 aliphatic heterocycles. The zero-order valence-corrected chi connectivity index (χ0v) is 19.0. The summed E-state index contributed by atoms with van der Waals surface area (Å²) >= 11 is 0. The molecule has 0 spiro atoms. The minimum atomic E-state index is 0.118. The standard InChI is InChI=1S/C28H29N3O/c1-4-20(2)18-31-19-27(29-30-31)25-11-7-22(8-12-25)17-28(32)26-15-13-24(14-16-26)23-9-5-21(3)6-10-23/h5-16,19-20H,4,17-18H2,1-3H3/t20-/m0/s1. The van der Waals surface area contributed by atoms with Gasteiger partial charge < -0.3 is 0 Å². The Morgan fingerprint density at radius 3 is 2.09 bits per heavy atom. The first kappa shape index (κ1) is 21.7. The Hall–Kier alpha value is -3.53. The molecule has 0 aliphatic rings.